The van der Waals surface area contributed by atoms with E-state index in [0.717, 1.165) is 5.56 Å². The fourth-order valence-electron chi connectivity index (χ4n) is 3.48. The second-order valence-corrected chi connectivity index (χ2v) is 9.48. The van der Waals surface area contributed by atoms with Crippen LogP contribution in [-0.2, 0) is 16.4 Å². The molecule has 1 aromatic heterocycles. The Morgan fingerprint density at radius 1 is 1.07 bits per heavy atom. The van der Waals surface area contributed by atoms with Gasteiger partial charge in [0.2, 0.25) is 0 Å². The summed E-state index contributed by atoms with van der Waals surface area (Å²) >= 11 is 0. The summed E-state index contributed by atoms with van der Waals surface area (Å²) in [5, 5.41) is 4.44. The minimum atomic E-state index is -4.28. The lowest BCUT2D eigenvalue weighted by atomic mass is 9.88. The quantitative estimate of drug-likeness (QED) is 0.724. The number of carbonyl (C=O) groups is 1. The lowest BCUT2D eigenvalue weighted by Crippen LogP contribution is -2.33. The number of sulfone groups is 1. The summed E-state index contributed by atoms with van der Waals surface area (Å²) in [7, 11) is -3.73. The standard InChI is InChI=1S/C20H22F3N3O3S/c21-20(22,23)15-3-7-17(8-4-15)30(28,29)18-9-5-16(6-10-18)26-19(27)25-13-14-2-1-11-24-12-14/h1-2,5-6,9-12,15,17H,3-4,7-8,13H2,(H2,25,26,27). The van der Waals surface area contributed by atoms with Crippen molar-refractivity contribution in [3.63, 3.8) is 0 Å². The number of carbonyl (C=O) groups excluding carboxylic acids is 1. The molecular weight excluding hydrogens is 419 g/mol. The lowest BCUT2D eigenvalue weighted by Gasteiger charge is -2.29. The Labute approximate surface area is 172 Å². The van der Waals surface area contributed by atoms with E-state index in [2.05, 4.69) is 15.6 Å². The SMILES string of the molecule is O=C(NCc1cccnc1)Nc1ccc(S(=O)(=O)C2CCC(C(F)(F)F)CC2)cc1. The Bertz CT molecular complexity index is 956. The van der Waals surface area contributed by atoms with E-state index in [0.29, 0.717) is 5.69 Å². The first-order valence-electron chi connectivity index (χ1n) is 9.50. The number of aromatic nitrogens is 1. The predicted octanol–water partition coefficient (Wildman–Crippen LogP) is 4.30. The topological polar surface area (TPSA) is 88.2 Å². The molecule has 6 nitrogen and oxygen atoms in total. The largest absolute Gasteiger partial charge is 0.391 e. The van der Waals surface area contributed by atoms with Gasteiger partial charge in [0.05, 0.1) is 16.1 Å². The molecule has 10 heteroatoms. The van der Waals surface area contributed by atoms with Crippen LogP contribution in [0.15, 0.2) is 53.7 Å². The lowest BCUT2D eigenvalue weighted by molar-refractivity contribution is -0.181. The van der Waals surface area contributed by atoms with Crippen molar-refractivity contribution in [3.8, 4) is 0 Å². The molecule has 30 heavy (non-hydrogen) atoms. The van der Waals surface area contributed by atoms with E-state index in [9.17, 15) is 26.4 Å². The highest BCUT2D eigenvalue weighted by Gasteiger charge is 2.43. The van der Waals surface area contributed by atoms with Gasteiger partial charge < -0.3 is 10.6 Å². The first-order valence-corrected chi connectivity index (χ1v) is 11.1. The van der Waals surface area contributed by atoms with Gasteiger partial charge in [-0.05, 0) is 61.6 Å². The number of alkyl halides is 3. The maximum Gasteiger partial charge on any atom is 0.391 e. The van der Waals surface area contributed by atoms with Crippen LogP contribution in [0.1, 0.15) is 31.2 Å². The van der Waals surface area contributed by atoms with Crippen LogP contribution in [0, 0.1) is 5.92 Å². The summed E-state index contributed by atoms with van der Waals surface area (Å²) in [5.74, 6) is -1.43. The molecule has 0 spiro atoms. The summed E-state index contributed by atoms with van der Waals surface area (Å²) in [4.78, 5) is 16.0. The molecule has 0 saturated heterocycles. The second-order valence-electron chi connectivity index (χ2n) is 7.25. The van der Waals surface area contributed by atoms with Crippen LogP contribution in [0.3, 0.4) is 0 Å². The zero-order valence-corrected chi connectivity index (χ0v) is 16.8. The molecule has 2 amide bonds. The third-order valence-electron chi connectivity index (χ3n) is 5.19. The van der Waals surface area contributed by atoms with E-state index in [1.807, 2.05) is 6.07 Å². The number of pyridine rings is 1. The van der Waals surface area contributed by atoms with Gasteiger partial charge >= 0.3 is 12.2 Å². The van der Waals surface area contributed by atoms with Crippen molar-refractivity contribution in [3.05, 3.63) is 54.4 Å². The van der Waals surface area contributed by atoms with Gasteiger partial charge in [-0.25, -0.2) is 13.2 Å². The first kappa shape index (κ1) is 22.1. The zero-order valence-electron chi connectivity index (χ0n) is 16.0. The maximum atomic E-state index is 12.8. The molecule has 1 aromatic carbocycles. The van der Waals surface area contributed by atoms with Crippen LogP contribution in [0.25, 0.3) is 0 Å². The maximum absolute atomic E-state index is 12.8. The molecule has 1 aliphatic rings. The van der Waals surface area contributed by atoms with Gasteiger partial charge in [0.1, 0.15) is 0 Å². The molecule has 1 aliphatic carbocycles. The average molecular weight is 441 g/mol. The predicted molar refractivity (Wildman–Crippen MR) is 106 cm³/mol. The number of hydrogen-bond acceptors (Lipinski definition) is 4. The summed E-state index contributed by atoms with van der Waals surface area (Å²) < 4.78 is 63.9. The van der Waals surface area contributed by atoms with Crippen molar-refractivity contribution in [2.45, 2.75) is 48.5 Å². The number of rotatable bonds is 5. The minimum absolute atomic E-state index is 0.0107. The number of amides is 2. The number of nitrogens with one attached hydrogen (secondary N) is 2. The molecule has 1 fully saturated rings. The Morgan fingerprint density at radius 3 is 2.30 bits per heavy atom. The number of benzene rings is 1. The third-order valence-corrected chi connectivity index (χ3v) is 7.47. The summed E-state index contributed by atoms with van der Waals surface area (Å²) in [6.07, 6.45) is -1.40. The molecule has 1 heterocycles. The van der Waals surface area contributed by atoms with Crippen molar-refractivity contribution >= 4 is 21.6 Å². The van der Waals surface area contributed by atoms with Gasteiger partial charge in [-0.1, -0.05) is 6.07 Å². The van der Waals surface area contributed by atoms with E-state index in [1.54, 1.807) is 18.5 Å². The van der Waals surface area contributed by atoms with Crippen molar-refractivity contribution in [2.24, 2.45) is 5.92 Å². The highest BCUT2D eigenvalue weighted by atomic mass is 32.2. The van der Waals surface area contributed by atoms with Gasteiger partial charge in [0.25, 0.3) is 0 Å². The number of urea groups is 1. The third kappa shape index (κ3) is 5.50. The number of halogens is 3. The normalized spacial score (nSPS) is 19.8. The van der Waals surface area contributed by atoms with E-state index in [1.165, 1.54) is 24.3 Å². The smallest absolute Gasteiger partial charge is 0.334 e. The van der Waals surface area contributed by atoms with E-state index in [4.69, 9.17) is 0 Å². The summed E-state index contributed by atoms with van der Waals surface area (Å²) in [5.41, 5.74) is 1.23. The molecule has 1 saturated carbocycles. The van der Waals surface area contributed by atoms with Gasteiger partial charge in [0, 0.05) is 24.6 Å². The highest BCUT2D eigenvalue weighted by molar-refractivity contribution is 7.92. The number of nitrogens with zero attached hydrogens (tertiary/aromatic N) is 1. The number of hydrogen-bond donors (Lipinski definition) is 2. The van der Waals surface area contributed by atoms with Gasteiger partial charge in [0.15, 0.2) is 9.84 Å². The average Bonchev–Trinajstić information content (AvgIpc) is 2.73. The zero-order chi connectivity index (χ0) is 21.8. The monoisotopic (exact) mass is 441 g/mol. The van der Waals surface area contributed by atoms with E-state index in [-0.39, 0.29) is 37.1 Å². The van der Waals surface area contributed by atoms with Crippen molar-refractivity contribution in [2.75, 3.05) is 5.32 Å². The van der Waals surface area contributed by atoms with Crippen LogP contribution in [0.5, 0.6) is 0 Å². The van der Waals surface area contributed by atoms with Crippen LogP contribution in [0.4, 0.5) is 23.7 Å². The fraction of sp³-hybridized carbons (Fsp3) is 0.400. The minimum Gasteiger partial charge on any atom is -0.334 e. The van der Waals surface area contributed by atoms with Crippen LogP contribution in [0.2, 0.25) is 0 Å². The van der Waals surface area contributed by atoms with Gasteiger partial charge in [-0.3, -0.25) is 4.98 Å². The van der Waals surface area contributed by atoms with Crippen molar-refractivity contribution in [1.82, 2.24) is 10.3 Å². The first-order chi connectivity index (χ1) is 14.2. The highest BCUT2D eigenvalue weighted by Crippen LogP contribution is 2.40. The number of anilines is 1. The molecule has 2 N–H and O–H groups in total. The molecule has 0 unspecified atom stereocenters. The van der Waals surface area contributed by atoms with Crippen molar-refractivity contribution < 1.29 is 26.4 Å². The van der Waals surface area contributed by atoms with Crippen LogP contribution in [-0.4, -0.2) is 30.9 Å². The van der Waals surface area contributed by atoms with Crippen LogP contribution < -0.4 is 10.6 Å². The molecule has 3 rings (SSSR count). The second kappa shape index (κ2) is 9.03. The molecule has 0 atom stereocenters. The fourth-order valence-corrected chi connectivity index (χ4v) is 5.27. The Balaban J connectivity index is 1.56. The van der Waals surface area contributed by atoms with E-state index >= 15 is 0 Å². The molecular formula is C20H22F3N3O3S. The summed E-state index contributed by atoms with van der Waals surface area (Å²) in [6.45, 7) is 0.284. The summed E-state index contributed by atoms with van der Waals surface area (Å²) in [6, 6.07) is 8.75. The Kier molecular flexibility index (Phi) is 6.64. The van der Waals surface area contributed by atoms with Crippen molar-refractivity contribution in [1.29, 1.82) is 0 Å². The Morgan fingerprint density at radius 2 is 1.73 bits per heavy atom. The van der Waals surface area contributed by atoms with E-state index < -0.39 is 33.2 Å². The van der Waals surface area contributed by atoms with Crippen LogP contribution >= 0.6 is 0 Å². The molecule has 0 bridgehead atoms. The molecule has 0 aliphatic heterocycles. The molecule has 2 aromatic rings. The van der Waals surface area contributed by atoms with Gasteiger partial charge in [-0.2, -0.15) is 13.2 Å². The Hall–Kier alpha value is -2.62. The molecule has 0 radical (unpaired) electrons. The molecule has 162 valence electrons. The van der Waals surface area contributed by atoms with Gasteiger partial charge in [-0.15, -0.1) is 0 Å².